The molecule has 0 aliphatic rings. The summed E-state index contributed by atoms with van der Waals surface area (Å²) in [6, 6.07) is 0. The Morgan fingerprint density at radius 3 is 2.12 bits per heavy atom. The van der Waals surface area contributed by atoms with Crippen LogP contribution in [0.5, 0.6) is 0 Å². The molecule has 0 aromatic heterocycles. The van der Waals surface area contributed by atoms with Gasteiger partial charge in [-0.3, -0.25) is 10.5 Å². The maximum absolute atomic E-state index is 9.59. The van der Waals surface area contributed by atoms with Crippen molar-refractivity contribution in [3.05, 3.63) is 0 Å². The highest BCUT2D eigenvalue weighted by Crippen LogP contribution is 2.16. The molecule has 0 rings (SSSR count). The zero-order valence-electron chi connectivity index (χ0n) is 10.1. The van der Waals surface area contributed by atoms with Gasteiger partial charge >= 0.3 is 0 Å². The van der Waals surface area contributed by atoms with Crippen molar-refractivity contribution in [1.29, 1.82) is 0 Å². The van der Waals surface area contributed by atoms with E-state index in [1.807, 2.05) is 0 Å². The van der Waals surface area contributed by atoms with Crippen LogP contribution in [0.25, 0.3) is 0 Å². The van der Waals surface area contributed by atoms with Crippen molar-refractivity contribution in [3.63, 3.8) is 0 Å². The van der Waals surface area contributed by atoms with E-state index < -0.39 is 17.3 Å². The third kappa shape index (κ3) is 6.77. The highest BCUT2D eigenvalue weighted by atomic mass is 17.1. The van der Waals surface area contributed by atoms with Crippen molar-refractivity contribution in [2.75, 3.05) is 0 Å². The summed E-state index contributed by atoms with van der Waals surface area (Å²) in [7, 11) is 0. The maximum atomic E-state index is 9.59. The van der Waals surface area contributed by atoms with Crippen molar-refractivity contribution in [2.45, 2.75) is 57.8 Å². The molecule has 0 aromatic rings. The molecule has 0 fully saturated rings. The smallest absolute Gasteiger partial charge is 0.157 e. The summed E-state index contributed by atoms with van der Waals surface area (Å²) < 4.78 is 0. The molecule has 1 atom stereocenters. The van der Waals surface area contributed by atoms with Gasteiger partial charge in [0.1, 0.15) is 5.60 Å². The summed E-state index contributed by atoms with van der Waals surface area (Å²) in [6.45, 7) is 6.52. The van der Waals surface area contributed by atoms with Gasteiger partial charge in [-0.25, -0.2) is 9.78 Å². The molecule has 5 heteroatoms. The number of aliphatic hydroxyl groups is 1. The van der Waals surface area contributed by atoms with Crippen LogP contribution in [0.4, 0.5) is 0 Å². The van der Waals surface area contributed by atoms with Gasteiger partial charge in [-0.2, -0.15) is 0 Å². The molecule has 0 saturated carbocycles. The van der Waals surface area contributed by atoms with Gasteiger partial charge in [-0.1, -0.05) is 11.8 Å². The van der Waals surface area contributed by atoms with Crippen molar-refractivity contribution in [2.24, 2.45) is 0 Å². The molecule has 0 aliphatic carbocycles. The van der Waals surface area contributed by atoms with E-state index >= 15 is 0 Å². The molecule has 1 unspecified atom stereocenters. The van der Waals surface area contributed by atoms with Crippen molar-refractivity contribution in [3.8, 4) is 11.8 Å². The summed E-state index contributed by atoms with van der Waals surface area (Å²) in [5, 5.41) is 26.6. The molecular formula is C11H20O5. The van der Waals surface area contributed by atoms with Crippen LogP contribution in [-0.2, 0) is 9.78 Å². The van der Waals surface area contributed by atoms with Crippen LogP contribution in [-0.4, -0.2) is 32.9 Å². The number of hydrogen-bond donors (Lipinski definition) is 3. The zero-order valence-corrected chi connectivity index (χ0v) is 10.1. The summed E-state index contributed by atoms with van der Waals surface area (Å²) in [5.41, 5.74) is -1.74. The lowest BCUT2D eigenvalue weighted by Crippen LogP contribution is -2.28. The fraction of sp³-hybridized carbons (Fsp3) is 0.818. The van der Waals surface area contributed by atoms with E-state index in [-0.39, 0.29) is 12.8 Å². The molecule has 0 aliphatic heterocycles. The minimum atomic E-state index is -0.942. The van der Waals surface area contributed by atoms with E-state index in [1.54, 1.807) is 27.7 Å². The first kappa shape index (κ1) is 15.4. The Morgan fingerprint density at radius 1 is 1.12 bits per heavy atom. The van der Waals surface area contributed by atoms with E-state index in [9.17, 15) is 5.11 Å². The third-order valence-corrected chi connectivity index (χ3v) is 1.93. The lowest BCUT2D eigenvalue weighted by molar-refractivity contribution is -0.317. The summed E-state index contributed by atoms with van der Waals surface area (Å²) in [4.78, 5) is 8.33. The van der Waals surface area contributed by atoms with Crippen LogP contribution in [0.3, 0.4) is 0 Å². The minimum Gasteiger partial charge on any atom is -0.392 e. The van der Waals surface area contributed by atoms with E-state index in [4.69, 9.17) is 10.5 Å². The van der Waals surface area contributed by atoms with Gasteiger partial charge in [-0.15, -0.1) is 0 Å². The van der Waals surface area contributed by atoms with Gasteiger partial charge in [-0.05, 0) is 27.7 Å². The topological polar surface area (TPSA) is 79.2 Å². The quantitative estimate of drug-likeness (QED) is 0.382. The maximum Gasteiger partial charge on any atom is 0.157 e. The lowest BCUT2D eigenvalue weighted by atomic mass is 9.99. The molecule has 0 aromatic carbocycles. The van der Waals surface area contributed by atoms with Gasteiger partial charge in [0.25, 0.3) is 0 Å². The summed E-state index contributed by atoms with van der Waals surface area (Å²) in [5.74, 6) is 5.36. The van der Waals surface area contributed by atoms with E-state index in [1.165, 1.54) is 0 Å². The Labute approximate surface area is 95.9 Å². The monoisotopic (exact) mass is 232 g/mol. The molecule has 94 valence electrons. The van der Waals surface area contributed by atoms with Gasteiger partial charge in [0.05, 0.1) is 6.10 Å². The van der Waals surface area contributed by atoms with Gasteiger partial charge in [0.15, 0.2) is 5.60 Å². The first-order valence-electron chi connectivity index (χ1n) is 5.06. The predicted molar refractivity (Wildman–Crippen MR) is 58.6 cm³/mol. The molecule has 0 amide bonds. The lowest BCUT2D eigenvalue weighted by Gasteiger charge is -2.22. The first-order valence-corrected chi connectivity index (χ1v) is 5.06. The standard InChI is InChI=1S/C11H20O5/c1-10(2,15-13)7-5-6-9(12)8-11(3,4)16-14/h9,12-14H,6,8H2,1-4H3. The Kier molecular flexibility index (Phi) is 5.94. The van der Waals surface area contributed by atoms with Crippen molar-refractivity contribution >= 4 is 0 Å². The molecule has 0 bridgehead atoms. The van der Waals surface area contributed by atoms with E-state index in [0.29, 0.717) is 0 Å². The number of aliphatic hydroxyl groups excluding tert-OH is 1. The number of rotatable bonds is 5. The second-order valence-corrected chi connectivity index (χ2v) is 4.82. The van der Waals surface area contributed by atoms with Crippen LogP contribution in [0.1, 0.15) is 40.5 Å². The largest absolute Gasteiger partial charge is 0.392 e. The van der Waals surface area contributed by atoms with Crippen LogP contribution in [0.15, 0.2) is 0 Å². The van der Waals surface area contributed by atoms with Crippen LogP contribution in [0.2, 0.25) is 0 Å². The SMILES string of the molecule is CC(C)(C#CCC(O)CC(C)(C)OO)OO. The van der Waals surface area contributed by atoms with Crippen LogP contribution < -0.4 is 0 Å². The minimum absolute atomic E-state index is 0.222. The Hall–Kier alpha value is -0.640. The fourth-order valence-corrected chi connectivity index (χ4v) is 1.08. The molecule has 5 nitrogen and oxygen atoms in total. The predicted octanol–water partition coefficient (Wildman–Crippen LogP) is 1.67. The Morgan fingerprint density at radius 2 is 1.69 bits per heavy atom. The van der Waals surface area contributed by atoms with E-state index in [0.717, 1.165) is 0 Å². The average molecular weight is 232 g/mol. The highest BCUT2D eigenvalue weighted by molar-refractivity contribution is 5.11. The normalized spacial score (nSPS) is 14.2. The number of hydrogen-bond acceptors (Lipinski definition) is 5. The Bertz CT molecular complexity index is 261. The Balaban J connectivity index is 4.13. The molecule has 0 saturated heterocycles. The van der Waals surface area contributed by atoms with Crippen molar-refractivity contribution < 1.29 is 25.4 Å². The molecule has 3 N–H and O–H groups in total. The summed E-state index contributed by atoms with van der Waals surface area (Å²) in [6.07, 6.45) is -0.220. The van der Waals surface area contributed by atoms with Crippen LogP contribution in [0, 0.1) is 11.8 Å². The second kappa shape index (κ2) is 6.18. The van der Waals surface area contributed by atoms with Gasteiger partial charge < -0.3 is 5.11 Å². The molecule has 0 heterocycles. The van der Waals surface area contributed by atoms with Gasteiger partial charge in [0.2, 0.25) is 0 Å². The zero-order chi connectivity index (χ0) is 12.8. The van der Waals surface area contributed by atoms with Crippen molar-refractivity contribution in [1.82, 2.24) is 0 Å². The van der Waals surface area contributed by atoms with Gasteiger partial charge in [0, 0.05) is 12.8 Å². The summed E-state index contributed by atoms with van der Waals surface area (Å²) >= 11 is 0. The van der Waals surface area contributed by atoms with E-state index in [2.05, 4.69) is 21.6 Å². The highest BCUT2D eigenvalue weighted by Gasteiger charge is 2.22. The molecular weight excluding hydrogens is 212 g/mol. The third-order valence-electron chi connectivity index (χ3n) is 1.93. The first-order chi connectivity index (χ1) is 7.22. The molecule has 0 radical (unpaired) electrons. The second-order valence-electron chi connectivity index (χ2n) is 4.82. The molecule has 16 heavy (non-hydrogen) atoms. The average Bonchev–Trinajstić information content (AvgIpc) is 2.17. The van der Waals surface area contributed by atoms with Crippen LogP contribution >= 0.6 is 0 Å². The molecule has 0 spiro atoms. The fourth-order valence-electron chi connectivity index (χ4n) is 1.08.